The third-order valence-corrected chi connectivity index (χ3v) is 4.85. The maximum atomic E-state index is 11.2. The van der Waals surface area contributed by atoms with Gasteiger partial charge in [-0.25, -0.2) is 0 Å². The van der Waals surface area contributed by atoms with Crippen LogP contribution in [0.1, 0.15) is 48.5 Å². The second kappa shape index (κ2) is 9.15. The lowest BCUT2D eigenvalue weighted by molar-refractivity contribution is 0.112. The van der Waals surface area contributed by atoms with Crippen LogP contribution in [0.4, 0.5) is 0 Å². The molecule has 0 fully saturated rings. The fourth-order valence-corrected chi connectivity index (χ4v) is 3.35. The number of unbranched alkanes of at least 4 members (excludes halogenated alkanes) is 3. The summed E-state index contributed by atoms with van der Waals surface area (Å²) in [4.78, 5) is 11.2. The number of hydrogen-bond donors (Lipinski definition) is 0. The Morgan fingerprint density at radius 1 is 0.731 bits per heavy atom. The number of carbonyl (C=O) groups is 1. The Morgan fingerprint density at radius 2 is 1.46 bits per heavy atom. The molecule has 1 nitrogen and oxygen atoms in total. The van der Waals surface area contributed by atoms with Gasteiger partial charge in [0.1, 0.15) is 6.29 Å². The van der Waals surface area contributed by atoms with Gasteiger partial charge in [0.25, 0.3) is 0 Å². The van der Waals surface area contributed by atoms with Gasteiger partial charge in [-0.2, -0.15) is 0 Å². The minimum atomic E-state index is 0.708. The zero-order chi connectivity index (χ0) is 18.2. The molecule has 0 bridgehead atoms. The van der Waals surface area contributed by atoms with Gasteiger partial charge in [0, 0.05) is 5.56 Å². The van der Waals surface area contributed by atoms with Crippen molar-refractivity contribution in [1.82, 2.24) is 0 Å². The van der Waals surface area contributed by atoms with E-state index in [0.29, 0.717) is 5.56 Å². The summed E-state index contributed by atoms with van der Waals surface area (Å²) in [6, 6.07) is 25.1. The van der Waals surface area contributed by atoms with E-state index in [1.54, 1.807) is 0 Å². The molecule has 0 saturated carbocycles. The zero-order valence-electron chi connectivity index (χ0n) is 15.4. The Balaban J connectivity index is 1.88. The first-order valence-electron chi connectivity index (χ1n) is 9.56. The Bertz CT molecular complexity index is 832. The molecule has 1 heteroatoms. The summed E-state index contributed by atoms with van der Waals surface area (Å²) in [7, 11) is 0. The number of rotatable bonds is 8. The van der Waals surface area contributed by atoms with Crippen molar-refractivity contribution in [1.29, 1.82) is 0 Å². The molecule has 0 aliphatic heterocycles. The Hall–Kier alpha value is -2.67. The zero-order valence-corrected chi connectivity index (χ0v) is 15.4. The van der Waals surface area contributed by atoms with Gasteiger partial charge in [0.05, 0.1) is 0 Å². The van der Waals surface area contributed by atoms with Crippen LogP contribution >= 0.6 is 0 Å². The summed E-state index contributed by atoms with van der Waals surface area (Å²) >= 11 is 0. The van der Waals surface area contributed by atoms with Crippen LogP contribution in [0.25, 0.3) is 22.3 Å². The van der Waals surface area contributed by atoms with E-state index in [4.69, 9.17) is 0 Å². The van der Waals surface area contributed by atoms with Crippen LogP contribution < -0.4 is 0 Å². The van der Waals surface area contributed by atoms with Crippen LogP contribution in [0, 0.1) is 0 Å². The highest BCUT2D eigenvalue weighted by atomic mass is 16.1. The van der Waals surface area contributed by atoms with Crippen molar-refractivity contribution < 1.29 is 4.79 Å². The lowest BCUT2D eigenvalue weighted by atomic mass is 9.92. The summed E-state index contributed by atoms with van der Waals surface area (Å²) in [6.45, 7) is 2.25. The summed E-state index contributed by atoms with van der Waals surface area (Å²) in [5.74, 6) is 0. The Morgan fingerprint density at radius 3 is 2.15 bits per heavy atom. The van der Waals surface area contributed by atoms with E-state index >= 15 is 0 Å². The molecule has 0 aromatic heterocycles. The van der Waals surface area contributed by atoms with Crippen LogP contribution in [0.2, 0.25) is 0 Å². The van der Waals surface area contributed by atoms with E-state index in [0.717, 1.165) is 23.8 Å². The molecule has 26 heavy (non-hydrogen) atoms. The number of carbonyl (C=O) groups excluding carboxylic acids is 1. The first kappa shape index (κ1) is 18.1. The van der Waals surface area contributed by atoms with Gasteiger partial charge in [-0.15, -0.1) is 0 Å². The first-order valence-corrected chi connectivity index (χ1v) is 9.56. The number of aryl methyl sites for hydroxylation is 1. The van der Waals surface area contributed by atoms with E-state index < -0.39 is 0 Å². The molecule has 0 N–H and O–H groups in total. The highest BCUT2D eigenvalue weighted by Crippen LogP contribution is 2.33. The number of benzene rings is 3. The fraction of sp³-hybridized carbons (Fsp3) is 0.240. The van der Waals surface area contributed by atoms with Crippen molar-refractivity contribution in [2.45, 2.75) is 39.0 Å². The molecule has 3 rings (SSSR count). The molecule has 0 saturated heterocycles. The summed E-state index contributed by atoms with van der Waals surface area (Å²) in [5, 5.41) is 0. The SMILES string of the molecule is CCCCCCc1ccc(-c2ccc(C=O)cc2-c2ccccc2)cc1. The standard InChI is InChI=1S/C25H26O/c1-2-3-4-6-9-20-12-15-23(16-13-20)24-17-14-21(19-26)18-25(24)22-10-7-5-8-11-22/h5,7-8,10-19H,2-4,6,9H2,1H3. The summed E-state index contributed by atoms with van der Waals surface area (Å²) < 4.78 is 0. The third-order valence-electron chi connectivity index (χ3n) is 4.85. The molecular weight excluding hydrogens is 316 g/mol. The minimum Gasteiger partial charge on any atom is -0.298 e. The molecule has 3 aromatic rings. The Labute approximate surface area is 156 Å². The van der Waals surface area contributed by atoms with Crippen molar-refractivity contribution >= 4 is 6.29 Å². The van der Waals surface area contributed by atoms with Gasteiger partial charge in [0.2, 0.25) is 0 Å². The van der Waals surface area contributed by atoms with Crippen LogP contribution in [-0.2, 0) is 6.42 Å². The lowest BCUT2D eigenvalue weighted by Gasteiger charge is -2.12. The molecular formula is C25H26O. The van der Waals surface area contributed by atoms with E-state index in [-0.39, 0.29) is 0 Å². The molecule has 132 valence electrons. The molecule has 0 aliphatic rings. The third kappa shape index (κ3) is 4.49. The molecule has 0 heterocycles. The monoisotopic (exact) mass is 342 g/mol. The van der Waals surface area contributed by atoms with Gasteiger partial charge < -0.3 is 0 Å². The second-order valence-corrected chi connectivity index (χ2v) is 6.80. The highest BCUT2D eigenvalue weighted by Gasteiger charge is 2.09. The predicted octanol–water partition coefficient (Wildman–Crippen LogP) is 6.96. The quantitative estimate of drug-likeness (QED) is 0.319. The summed E-state index contributed by atoms with van der Waals surface area (Å²) in [5.41, 5.74) is 6.70. The maximum Gasteiger partial charge on any atom is 0.150 e. The van der Waals surface area contributed by atoms with Gasteiger partial charge >= 0.3 is 0 Å². The predicted molar refractivity (Wildman–Crippen MR) is 111 cm³/mol. The van der Waals surface area contributed by atoms with Crippen molar-refractivity contribution in [3.63, 3.8) is 0 Å². The molecule has 3 aromatic carbocycles. The van der Waals surface area contributed by atoms with Crippen LogP contribution in [0.5, 0.6) is 0 Å². The largest absolute Gasteiger partial charge is 0.298 e. The Kier molecular flexibility index (Phi) is 6.38. The van der Waals surface area contributed by atoms with Gasteiger partial charge in [-0.3, -0.25) is 4.79 Å². The van der Waals surface area contributed by atoms with E-state index in [1.165, 1.54) is 42.4 Å². The van der Waals surface area contributed by atoms with E-state index in [2.05, 4.69) is 49.4 Å². The van der Waals surface area contributed by atoms with E-state index in [1.807, 2.05) is 30.3 Å². The number of aldehydes is 1. The second-order valence-electron chi connectivity index (χ2n) is 6.80. The van der Waals surface area contributed by atoms with Crippen molar-refractivity contribution in [2.75, 3.05) is 0 Å². The molecule has 0 spiro atoms. The van der Waals surface area contributed by atoms with Gasteiger partial charge in [-0.1, -0.05) is 92.9 Å². The minimum absolute atomic E-state index is 0.708. The maximum absolute atomic E-state index is 11.2. The molecule has 0 amide bonds. The van der Waals surface area contributed by atoms with Crippen LogP contribution in [0.3, 0.4) is 0 Å². The molecule has 0 aliphatic carbocycles. The number of hydrogen-bond acceptors (Lipinski definition) is 1. The van der Waals surface area contributed by atoms with E-state index in [9.17, 15) is 4.79 Å². The normalized spacial score (nSPS) is 10.7. The van der Waals surface area contributed by atoms with Crippen molar-refractivity contribution in [3.8, 4) is 22.3 Å². The van der Waals surface area contributed by atoms with Gasteiger partial charge in [-0.05, 0) is 46.7 Å². The first-order chi connectivity index (χ1) is 12.8. The smallest absolute Gasteiger partial charge is 0.150 e. The average molecular weight is 342 g/mol. The van der Waals surface area contributed by atoms with Crippen molar-refractivity contribution in [2.24, 2.45) is 0 Å². The lowest BCUT2D eigenvalue weighted by Crippen LogP contribution is -1.90. The fourth-order valence-electron chi connectivity index (χ4n) is 3.35. The van der Waals surface area contributed by atoms with Crippen LogP contribution in [0.15, 0.2) is 72.8 Å². The topological polar surface area (TPSA) is 17.1 Å². The highest BCUT2D eigenvalue weighted by molar-refractivity contribution is 5.88. The van der Waals surface area contributed by atoms with Crippen LogP contribution in [-0.4, -0.2) is 6.29 Å². The summed E-state index contributed by atoms with van der Waals surface area (Å²) in [6.07, 6.45) is 7.23. The molecule has 0 atom stereocenters. The van der Waals surface area contributed by atoms with Gasteiger partial charge in [0.15, 0.2) is 0 Å². The molecule has 0 unspecified atom stereocenters. The molecule has 0 radical (unpaired) electrons. The van der Waals surface area contributed by atoms with Crippen molar-refractivity contribution in [3.05, 3.63) is 83.9 Å². The average Bonchev–Trinajstić information content (AvgIpc) is 2.72.